The lowest BCUT2D eigenvalue weighted by molar-refractivity contribution is 0.0423. The number of carbonyl (C=O) groups excluding carboxylic acids is 2. The Morgan fingerprint density at radius 3 is 2.32 bits per heavy atom. The van der Waals surface area contributed by atoms with Gasteiger partial charge >= 0.3 is 0 Å². The van der Waals surface area contributed by atoms with Gasteiger partial charge in [0.25, 0.3) is 11.8 Å². The normalized spacial score (nSPS) is 21.5. The maximum atomic E-state index is 13.5. The number of amides is 2. The first kappa shape index (κ1) is 27.2. The molecule has 2 aliphatic heterocycles. The molecule has 3 aliphatic rings. The number of hydrogen-bond donors (Lipinski definition) is 1. The number of likely N-dealkylation sites (tertiary alicyclic amines) is 1. The molecule has 0 radical (unpaired) electrons. The Morgan fingerprint density at radius 2 is 1.66 bits per heavy atom. The van der Waals surface area contributed by atoms with Crippen LogP contribution in [0.2, 0.25) is 5.02 Å². The smallest absolute Gasteiger partial charge is 0.253 e. The van der Waals surface area contributed by atoms with Gasteiger partial charge in [-0.1, -0.05) is 29.8 Å². The van der Waals surface area contributed by atoms with Crippen molar-refractivity contribution in [1.82, 2.24) is 14.5 Å². The summed E-state index contributed by atoms with van der Waals surface area (Å²) in [7, 11) is -3.21. The van der Waals surface area contributed by atoms with Gasteiger partial charge in [0.15, 0.2) is 0 Å². The van der Waals surface area contributed by atoms with Crippen LogP contribution in [-0.2, 0) is 16.4 Å². The lowest BCUT2D eigenvalue weighted by Crippen LogP contribution is -2.50. The van der Waals surface area contributed by atoms with E-state index in [1.807, 2.05) is 23.1 Å². The van der Waals surface area contributed by atoms with Crippen molar-refractivity contribution < 1.29 is 18.0 Å². The van der Waals surface area contributed by atoms with Crippen LogP contribution in [0.15, 0.2) is 42.5 Å². The Labute approximate surface area is 230 Å². The molecule has 1 unspecified atom stereocenters. The Hall–Kier alpha value is -2.42. The number of halogens is 1. The zero-order valence-corrected chi connectivity index (χ0v) is 23.7. The van der Waals surface area contributed by atoms with Crippen molar-refractivity contribution in [1.29, 1.82) is 0 Å². The standard InChI is InChI=1S/C29H36ClN3O4S/c1-20(2)38(36,37)33-17-13-29(14-18-33)11-15-32(16-12-29)28(35)22-8-7-21-9-10-26(24(21)19-22)31-27(34)23-5-3-4-6-25(23)30/h3-8,19-20,26H,9-18H2,1-2H3,(H,31,34). The zero-order valence-electron chi connectivity index (χ0n) is 22.1. The topological polar surface area (TPSA) is 86.8 Å². The van der Waals surface area contributed by atoms with E-state index in [1.54, 1.807) is 42.4 Å². The molecule has 38 heavy (non-hydrogen) atoms. The highest BCUT2D eigenvalue weighted by atomic mass is 35.5. The molecule has 1 spiro atoms. The van der Waals surface area contributed by atoms with Gasteiger partial charge in [-0.15, -0.1) is 0 Å². The highest BCUT2D eigenvalue weighted by Crippen LogP contribution is 2.42. The predicted molar refractivity (Wildman–Crippen MR) is 149 cm³/mol. The third kappa shape index (κ3) is 5.23. The third-order valence-electron chi connectivity index (χ3n) is 8.74. The number of aryl methyl sites for hydroxylation is 1. The highest BCUT2D eigenvalue weighted by molar-refractivity contribution is 7.89. The average molecular weight is 558 g/mol. The van der Waals surface area contributed by atoms with Gasteiger partial charge in [0.05, 0.1) is 21.9 Å². The molecular weight excluding hydrogens is 522 g/mol. The predicted octanol–water partition coefficient (Wildman–Crippen LogP) is 4.81. The number of fused-ring (bicyclic) bond motifs is 1. The van der Waals surface area contributed by atoms with E-state index in [0.717, 1.165) is 49.7 Å². The third-order valence-corrected chi connectivity index (χ3v) is 11.4. The molecular formula is C29H36ClN3O4S. The van der Waals surface area contributed by atoms with Crippen molar-refractivity contribution in [2.45, 2.75) is 63.7 Å². The van der Waals surface area contributed by atoms with Crippen LogP contribution in [0.5, 0.6) is 0 Å². The van der Waals surface area contributed by atoms with Crippen LogP contribution >= 0.6 is 11.6 Å². The van der Waals surface area contributed by atoms with Crippen molar-refractivity contribution in [3.05, 3.63) is 69.7 Å². The molecule has 5 rings (SSSR count). The average Bonchev–Trinajstić information content (AvgIpc) is 3.31. The van der Waals surface area contributed by atoms with E-state index in [2.05, 4.69) is 5.32 Å². The maximum Gasteiger partial charge on any atom is 0.253 e. The van der Waals surface area contributed by atoms with Crippen molar-refractivity contribution >= 4 is 33.4 Å². The Bertz CT molecular complexity index is 1330. The van der Waals surface area contributed by atoms with Crippen LogP contribution in [0.1, 0.15) is 83.8 Å². The van der Waals surface area contributed by atoms with Gasteiger partial charge in [-0.25, -0.2) is 12.7 Å². The summed E-state index contributed by atoms with van der Waals surface area (Å²) < 4.78 is 26.7. The van der Waals surface area contributed by atoms with Gasteiger partial charge in [0.2, 0.25) is 10.0 Å². The van der Waals surface area contributed by atoms with Crippen LogP contribution in [0.25, 0.3) is 0 Å². The van der Waals surface area contributed by atoms with Crippen molar-refractivity contribution in [3.8, 4) is 0 Å². The molecule has 7 nitrogen and oxygen atoms in total. The molecule has 204 valence electrons. The van der Waals surface area contributed by atoms with Crippen LogP contribution in [0.4, 0.5) is 0 Å². The summed E-state index contributed by atoms with van der Waals surface area (Å²) in [6.07, 6.45) is 5.15. The number of rotatable bonds is 5. The largest absolute Gasteiger partial charge is 0.345 e. The summed E-state index contributed by atoms with van der Waals surface area (Å²) in [5, 5.41) is 3.13. The second kappa shape index (κ2) is 10.6. The first-order chi connectivity index (χ1) is 18.1. The van der Waals surface area contributed by atoms with E-state index >= 15 is 0 Å². The molecule has 2 saturated heterocycles. The molecule has 1 N–H and O–H groups in total. The molecule has 2 fully saturated rings. The van der Waals surface area contributed by atoms with E-state index in [9.17, 15) is 18.0 Å². The number of hydrogen-bond acceptors (Lipinski definition) is 4. The highest BCUT2D eigenvalue weighted by Gasteiger charge is 2.41. The number of benzene rings is 2. The Kier molecular flexibility index (Phi) is 7.59. The number of carbonyl (C=O) groups is 2. The monoisotopic (exact) mass is 557 g/mol. The summed E-state index contributed by atoms with van der Waals surface area (Å²) in [6, 6.07) is 12.7. The summed E-state index contributed by atoms with van der Waals surface area (Å²) >= 11 is 6.21. The minimum absolute atomic E-state index is 0.0190. The number of piperidine rings is 2. The molecule has 2 heterocycles. The van der Waals surface area contributed by atoms with Gasteiger partial charge in [-0.3, -0.25) is 9.59 Å². The quantitative estimate of drug-likeness (QED) is 0.571. The fourth-order valence-corrected chi connectivity index (χ4v) is 7.66. The van der Waals surface area contributed by atoms with Crippen molar-refractivity contribution in [2.24, 2.45) is 5.41 Å². The van der Waals surface area contributed by atoms with Crippen LogP contribution in [0.3, 0.4) is 0 Å². The van der Waals surface area contributed by atoms with Crippen LogP contribution in [-0.4, -0.2) is 60.9 Å². The summed E-state index contributed by atoms with van der Waals surface area (Å²) in [6.45, 7) is 5.97. The van der Waals surface area contributed by atoms with E-state index in [0.29, 0.717) is 42.3 Å². The summed E-state index contributed by atoms with van der Waals surface area (Å²) in [4.78, 5) is 28.2. The minimum atomic E-state index is -3.21. The van der Waals surface area contributed by atoms with E-state index < -0.39 is 15.3 Å². The molecule has 0 bridgehead atoms. The number of sulfonamides is 1. The van der Waals surface area contributed by atoms with Gasteiger partial charge in [-0.2, -0.15) is 0 Å². The molecule has 2 amide bonds. The first-order valence-electron chi connectivity index (χ1n) is 13.6. The SMILES string of the molecule is CC(C)S(=O)(=O)N1CCC2(CCN(C(=O)c3ccc4c(c3)C(NC(=O)c3ccccc3Cl)CC4)CC2)CC1. The van der Waals surface area contributed by atoms with E-state index in [-0.39, 0.29) is 23.3 Å². The number of nitrogens with one attached hydrogen (secondary N) is 1. The fourth-order valence-electron chi connectivity index (χ4n) is 6.15. The van der Waals surface area contributed by atoms with Gasteiger partial charge in [0, 0.05) is 31.7 Å². The van der Waals surface area contributed by atoms with Gasteiger partial charge in [0.1, 0.15) is 0 Å². The van der Waals surface area contributed by atoms with E-state index in [1.165, 1.54) is 0 Å². The lowest BCUT2D eigenvalue weighted by Gasteiger charge is -2.46. The molecule has 2 aromatic carbocycles. The lowest BCUT2D eigenvalue weighted by atomic mass is 9.71. The van der Waals surface area contributed by atoms with Crippen LogP contribution < -0.4 is 5.32 Å². The second-order valence-electron chi connectivity index (χ2n) is 11.2. The Balaban J connectivity index is 1.21. The Morgan fingerprint density at radius 1 is 1.00 bits per heavy atom. The summed E-state index contributed by atoms with van der Waals surface area (Å²) in [5.74, 6) is -0.190. The van der Waals surface area contributed by atoms with E-state index in [4.69, 9.17) is 11.6 Å². The minimum Gasteiger partial charge on any atom is -0.345 e. The van der Waals surface area contributed by atoms with Crippen molar-refractivity contribution in [3.63, 3.8) is 0 Å². The molecule has 1 aliphatic carbocycles. The second-order valence-corrected chi connectivity index (χ2v) is 14.1. The van der Waals surface area contributed by atoms with Crippen molar-refractivity contribution in [2.75, 3.05) is 26.2 Å². The molecule has 2 aromatic rings. The van der Waals surface area contributed by atoms with Crippen LogP contribution in [0, 0.1) is 5.41 Å². The molecule has 0 saturated carbocycles. The fraction of sp³-hybridized carbons (Fsp3) is 0.517. The first-order valence-corrected chi connectivity index (χ1v) is 15.4. The van der Waals surface area contributed by atoms with Gasteiger partial charge in [-0.05, 0) is 93.2 Å². The zero-order chi connectivity index (χ0) is 27.1. The molecule has 0 aromatic heterocycles. The summed E-state index contributed by atoms with van der Waals surface area (Å²) in [5.41, 5.74) is 3.38. The molecule has 9 heteroatoms. The van der Waals surface area contributed by atoms with Gasteiger partial charge < -0.3 is 10.2 Å². The molecule has 1 atom stereocenters. The number of nitrogens with zero attached hydrogens (tertiary/aromatic N) is 2. The maximum absolute atomic E-state index is 13.5.